The first-order chi connectivity index (χ1) is 16.5. The molecule has 0 radical (unpaired) electrons. The summed E-state index contributed by atoms with van der Waals surface area (Å²) >= 11 is 0. The molecule has 0 saturated carbocycles. The molecule has 0 bridgehead atoms. The van der Waals surface area contributed by atoms with Crippen LogP contribution >= 0.6 is 0 Å². The highest BCUT2D eigenvalue weighted by molar-refractivity contribution is 6.09. The Morgan fingerprint density at radius 3 is 2.21 bits per heavy atom. The zero-order chi connectivity index (χ0) is 23.7. The molecule has 10 nitrogen and oxygen atoms in total. The number of benzene rings is 3. The Morgan fingerprint density at radius 1 is 0.941 bits per heavy atom. The molecule has 168 valence electrons. The number of aromatic nitrogens is 2. The Morgan fingerprint density at radius 2 is 1.59 bits per heavy atom. The minimum absolute atomic E-state index is 0.0157. The fourth-order valence-corrected chi connectivity index (χ4v) is 3.98. The third-order valence-corrected chi connectivity index (χ3v) is 5.60. The summed E-state index contributed by atoms with van der Waals surface area (Å²) in [7, 11) is 0. The maximum absolute atomic E-state index is 13.7. The van der Waals surface area contributed by atoms with E-state index >= 15 is 0 Å². The van der Waals surface area contributed by atoms with Crippen molar-refractivity contribution in [3.8, 4) is 11.4 Å². The topological polar surface area (TPSA) is 131 Å². The van der Waals surface area contributed by atoms with E-state index < -0.39 is 22.4 Å². The standard InChI is InChI=1S/C24H17N5O5/c30-22-24(17-9-3-1-4-10-17,18-11-5-2-6-12-18)26-23(31)28(22)15-20-25-21(27-34-20)16-8-7-13-19(14-16)29(32)33/h1-14H,15H2,(H,26,31). The van der Waals surface area contributed by atoms with Crippen LogP contribution in [0.15, 0.2) is 89.5 Å². The van der Waals surface area contributed by atoms with Gasteiger partial charge < -0.3 is 9.84 Å². The maximum Gasteiger partial charge on any atom is 0.326 e. The van der Waals surface area contributed by atoms with Gasteiger partial charge in [0.25, 0.3) is 11.6 Å². The SMILES string of the molecule is O=C1NC(c2ccccc2)(c2ccccc2)C(=O)N1Cc1nc(-c2cccc([N+](=O)[O-])c2)no1. The van der Waals surface area contributed by atoms with Crippen molar-refractivity contribution < 1.29 is 19.0 Å². The Labute approximate surface area is 193 Å². The summed E-state index contributed by atoms with van der Waals surface area (Å²) in [5.41, 5.74) is 0.0928. The normalized spacial score (nSPS) is 14.8. The van der Waals surface area contributed by atoms with E-state index in [1.54, 1.807) is 54.6 Å². The van der Waals surface area contributed by atoms with Crippen molar-refractivity contribution in [3.63, 3.8) is 0 Å². The van der Waals surface area contributed by atoms with E-state index in [0.717, 1.165) is 4.90 Å². The quantitative estimate of drug-likeness (QED) is 0.267. The Balaban J connectivity index is 1.47. The number of amides is 3. The van der Waals surface area contributed by atoms with E-state index in [1.165, 1.54) is 18.2 Å². The summed E-state index contributed by atoms with van der Waals surface area (Å²) in [6.07, 6.45) is 0. The van der Waals surface area contributed by atoms with Gasteiger partial charge in [0.2, 0.25) is 11.7 Å². The lowest BCUT2D eigenvalue weighted by Crippen LogP contribution is -2.45. The van der Waals surface area contributed by atoms with Crippen LogP contribution in [-0.2, 0) is 16.9 Å². The Kier molecular flexibility index (Phi) is 5.09. The molecule has 0 atom stereocenters. The van der Waals surface area contributed by atoms with Crippen LogP contribution in [0.25, 0.3) is 11.4 Å². The van der Waals surface area contributed by atoms with Crippen LogP contribution in [0, 0.1) is 10.1 Å². The zero-order valence-corrected chi connectivity index (χ0v) is 17.6. The van der Waals surface area contributed by atoms with E-state index in [2.05, 4.69) is 15.5 Å². The van der Waals surface area contributed by atoms with Crippen LogP contribution < -0.4 is 5.32 Å². The molecule has 1 aliphatic heterocycles. The predicted molar refractivity (Wildman–Crippen MR) is 119 cm³/mol. The molecule has 34 heavy (non-hydrogen) atoms. The highest BCUT2D eigenvalue weighted by Crippen LogP contribution is 2.36. The smallest absolute Gasteiger partial charge is 0.326 e. The van der Waals surface area contributed by atoms with Crippen LogP contribution in [0.3, 0.4) is 0 Å². The van der Waals surface area contributed by atoms with Gasteiger partial charge in [-0.1, -0.05) is 78.0 Å². The first-order valence-electron chi connectivity index (χ1n) is 10.3. The molecule has 3 amide bonds. The molecule has 0 aliphatic carbocycles. The zero-order valence-electron chi connectivity index (χ0n) is 17.6. The summed E-state index contributed by atoms with van der Waals surface area (Å²) in [6, 6.07) is 23.1. The second-order valence-electron chi connectivity index (χ2n) is 7.62. The molecular formula is C24H17N5O5. The molecule has 3 aromatic carbocycles. The van der Waals surface area contributed by atoms with Crippen molar-refractivity contribution in [2.75, 3.05) is 0 Å². The molecule has 1 aliphatic rings. The van der Waals surface area contributed by atoms with Crippen LogP contribution in [0.4, 0.5) is 10.5 Å². The van der Waals surface area contributed by atoms with Gasteiger partial charge in [-0.25, -0.2) is 4.79 Å². The Bertz CT molecular complexity index is 1350. The number of nitro groups is 1. The van der Waals surface area contributed by atoms with Gasteiger partial charge >= 0.3 is 6.03 Å². The van der Waals surface area contributed by atoms with Crippen molar-refractivity contribution >= 4 is 17.6 Å². The number of non-ortho nitro benzene ring substituents is 1. The largest absolute Gasteiger partial charge is 0.337 e. The minimum Gasteiger partial charge on any atom is -0.337 e. The van der Waals surface area contributed by atoms with E-state index in [9.17, 15) is 19.7 Å². The molecule has 5 rings (SSSR count). The Hall–Kier alpha value is -4.86. The second-order valence-corrected chi connectivity index (χ2v) is 7.62. The first kappa shape index (κ1) is 21.0. The predicted octanol–water partition coefficient (Wildman–Crippen LogP) is 3.64. The number of hydrogen-bond acceptors (Lipinski definition) is 7. The van der Waals surface area contributed by atoms with Gasteiger partial charge in [0.15, 0.2) is 5.54 Å². The molecular weight excluding hydrogens is 438 g/mol. The third-order valence-electron chi connectivity index (χ3n) is 5.60. The molecule has 1 N–H and O–H groups in total. The van der Waals surface area contributed by atoms with Crippen molar-refractivity contribution in [1.29, 1.82) is 0 Å². The van der Waals surface area contributed by atoms with Crippen LogP contribution in [-0.4, -0.2) is 31.9 Å². The number of nitrogens with zero attached hydrogens (tertiary/aromatic N) is 4. The highest BCUT2D eigenvalue weighted by atomic mass is 16.6. The van der Waals surface area contributed by atoms with Crippen molar-refractivity contribution in [3.05, 3.63) is 112 Å². The van der Waals surface area contributed by atoms with Crippen LogP contribution in [0.2, 0.25) is 0 Å². The van der Waals surface area contributed by atoms with E-state index in [-0.39, 0.29) is 23.9 Å². The molecule has 1 fully saturated rings. The number of rotatable bonds is 6. The van der Waals surface area contributed by atoms with Crippen molar-refractivity contribution in [2.45, 2.75) is 12.1 Å². The van der Waals surface area contributed by atoms with Gasteiger partial charge in [-0.05, 0) is 11.1 Å². The van der Waals surface area contributed by atoms with Gasteiger partial charge in [0.05, 0.1) is 4.92 Å². The average molecular weight is 455 g/mol. The number of imide groups is 1. The van der Waals surface area contributed by atoms with E-state index in [1.807, 2.05) is 12.1 Å². The molecule has 0 unspecified atom stereocenters. The van der Waals surface area contributed by atoms with Crippen LogP contribution in [0.1, 0.15) is 17.0 Å². The number of carbonyl (C=O) groups is 2. The fourth-order valence-electron chi connectivity index (χ4n) is 3.98. The monoisotopic (exact) mass is 455 g/mol. The summed E-state index contributed by atoms with van der Waals surface area (Å²) in [6.45, 7) is -0.256. The van der Waals surface area contributed by atoms with Crippen molar-refractivity contribution in [1.82, 2.24) is 20.4 Å². The molecule has 2 heterocycles. The van der Waals surface area contributed by atoms with Gasteiger partial charge in [-0.15, -0.1) is 0 Å². The highest BCUT2D eigenvalue weighted by Gasteiger charge is 2.54. The van der Waals surface area contributed by atoms with Gasteiger partial charge in [-0.3, -0.25) is 19.8 Å². The van der Waals surface area contributed by atoms with E-state index in [0.29, 0.717) is 16.7 Å². The average Bonchev–Trinajstić information content (AvgIpc) is 3.44. The first-order valence-corrected chi connectivity index (χ1v) is 10.3. The van der Waals surface area contributed by atoms with Crippen molar-refractivity contribution in [2.24, 2.45) is 0 Å². The summed E-state index contributed by atoms with van der Waals surface area (Å²) < 4.78 is 5.25. The lowest BCUT2D eigenvalue weighted by molar-refractivity contribution is -0.384. The van der Waals surface area contributed by atoms with Gasteiger partial charge in [-0.2, -0.15) is 4.98 Å². The lowest BCUT2D eigenvalue weighted by Gasteiger charge is -2.27. The lowest BCUT2D eigenvalue weighted by atomic mass is 9.82. The summed E-state index contributed by atoms with van der Waals surface area (Å²) in [5, 5.41) is 17.7. The van der Waals surface area contributed by atoms with Gasteiger partial charge in [0.1, 0.15) is 6.54 Å². The number of hydrogen-bond donors (Lipinski definition) is 1. The number of carbonyl (C=O) groups excluding carboxylic acids is 2. The minimum atomic E-state index is -1.40. The molecule has 1 saturated heterocycles. The molecule has 10 heteroatoms. The number of nitro benzene ring substituents is 1. The summed E-state index contributed by atoms with van der Waals surface area (Å²) in [5.74, 6) is -0.352. The summed E-state index contributed by atoms with van der Waals surface area (Å²) in [4.78, 5) is 42.5. The van der Waals surface area contributed by atoms with Crippen LogP contribution in [0.5, 0.6) is 0 Å². The number of urea groups is 1. The van der Waals surface area contributed by atoms with E-state index in [4.69, 9.17) is 4.52 Å². The molecule has 1 aromatic heterocycles. The maximum atomic E-state index is 13.7. The fraction of sp³-hybridized carbons (Fsp3) is 0.0833. The second kappa shape index (κ2) is 8.24. The molecule has 4 aromatic rings. The third kappa shape index (κ3) is 3.47. The number of nitrogens with one attached hydrogen (secondary N) is 1. The molecule has 0 spiro atoms. The van der Waals surface area contributed by atoms with Gasteiger partial charge in [0, 0.05) is 17.7 Å².